The molecule has 0 spiro atoms. The molecule has 0 aliphatic heterocycles. The van der Waals surface area contributed by atoms with Gasteiger partial charge < -0.3 is 9.15 Å². The van der Waals surface area contributed by atoms with Gasteiger partial charge >= 0.3 is 5.76 Å². The summed E-state index contributed by atoms with van der Waals surface area (Å²) in [7, 11) is 0. The zero-order chi connectivity index (χ0) is 15.6. The van der Waals surface area contributed by atoms with Crippen LogP contribution in [0.25, 0.3) is 22.2 Å². The average molecular weight is 304 g/mol. The van der Waals surface area contributed by atoms with Crippen molar-refractivity contribution in [3.8, 4) is 22.6 Å². The molecule has 0 radical (unpaired) electrons. The Morgan fingerprint density at radius 2 is 1.91 bits per heavy atom. The van der Waals surface area contributed by atoms with Crippen LogP contribution in [0.5, 0.6) is 11.5 Å². The first-order valence-corrected chi connectivity index (χ1v) is 7.10. The van der Waals surface area contributed by atoms with Crippen LogP contribution in [-0.4, -0.2) is 9.97 Å². The Morgan fingerprint density at radius 1 is 1.04 bits per heavy atom. The number of oxazole rings is 1. The van der Waals surface area contributed by atoms with Crippen molar-refractivity contribution >= 4 is 11.1 Å². The quantitative estimate of drug-likeness (QED) is 0.621. The predicted octanol–water partition coefficient (Wildman–Crippen LogP) is 3.98. The molecular formula is C18H12N2O3. The Kier molecular flexibility index (Phi) is 3.16. The molecule has 5 heteroatoms. The number of H-pyrrole nitrogens is 1. The Labute approximate surface area is 131 Å². The van der Waals surface area contributed by atoms with Crippen molar-refractivity contribution in [2.24, 2.45) is 0 Å². The van der Waals surface area contributed by atoms with Crippen LogP contribution in [0.4, 0.5) is 0 Å². The Bertz CT molecular complexity index is 1000. The largest absolute Gasteiger partial charge is 0.457 e. The molecular weight excluding hydrogens is 292 g/mol. The fraction of sp³-hybridized carbons (Fsp3) is 0. The molecule has 0 saturated heterocycles. The number of hydrogen-bond donors (Lipinski definition) is 1. The number of aromatic amines is 1. The molecule has 0 bridgehead atoms. The second kappa shape index (κ2) is 5.46. The molecule has 5 nitrogen and oxygen atoms in total. The first-order valence-electron chi connectivity index (χ1n) is 7.10. The average Bonchev–Trinajstić information content (AvgIpc) is 2.95. The first-order chi connectivity index (χ1) is 11.3. The summed E-state index contributed by atoms with van der Waals surface area (Å²) in [6.45, 7) is 0. The molecule has 2 heterocycles. The number of benzene rings is 2. The number of pyridine rings is 1. The number of para-hydroxylation sites is 1. The van der Waals surface area contributed by atoms with Gasteiger partial charge in [-0.15, -0.1) is 0 Å². The van der Waals surface area contributed by atoms with E-state index >= 15 is 0 Å². The minimum Gasteiger partial charge on any atom is -0.457 e. The molecule has 0 unspecified atom stereocenters. The summed E-state index contributed by atoms with van der Waals surface area (Å²) in [5.74, 6) is 0.838. The molecule has 0 saturated carbocycles. The third-order valence-corrected chi connectivity index (χ3v) is 3.46. The van der Waals surface area contributed by atoms with Gasteiger partial charge in [0.05, 0.1) is 5.52 Å². The standard InChI is InChI=1S/C18H12N2O3/c21-18-20-15-10-16(22-13-6-2-1-3-7-13)14(9-17(15)23-18)12-5-4-8-19-11-12/h1-11H,(H,20,21). The summed E-state index contributed by atoms with van der Waals surface area (Å²) >= 11 is 0. The summed E-state index contributed by atoms with van der Waals surface area (Å²) in [6.07, 6.45) is 3.44. The van der Waals surface area contributed by atoms with Crippen LogP contribution in [0.15, 0.2) is 76.2 Å². The summed E-state index contributed by atoms with van der Waals surface area (Å²) < 4.78 is 11.1. The second-order valence-corrected chi connectivity index (χ2v) is 5.02. The van der Waals surface area contributed by atoms with Crippen molar-refractivity contribution in [2.75, 3.05) is 0 Å². The molecule has 112 valence electrons. The summed E-state index contributed by atoms with van der Waals surface area (Å²) in [4.78, 5) is 18.2. The van der Waals surface area contributed by atoms with Gasteiger partial charge in [-0.25, -0.2) is 4.79 Å². The molecule has 2 aromatic carbocycles. The second-order valence-electron chi connectivity index (χ2n) is 5.02. The third-order valence-electron chi connectivity index (χ3n) is 3.46. The lowest BCUT2D eigenvalue weighted by Crippen LogP contribution is -1.93. The lowest BCUT2D eigenvalue weighted by atomic mass is 10.1. The fourth-order valence-corrected chi connectivity index (χ4v) is 2.43. The van der Waals surface area contributed by atoms with Gasteiger partial charge in [0, 0.05) is 29.6 Å². The summed E-state index contributed by atoms with van der Waals surface area (Å²) in [5.41, 5.74) is 2.75. The summed E-state index contributed by atoms with van der Waals surface area (Å²) in [5, 5.41) is 0. The van der Waals surface area contributed by atoms with E-state index in [1.54, 1.807) is 24.5 Å². The molecule has 0 fully saturated rings. The van der Waals surface area contributed by atoms with E-state index < -0.39 is 5.76 Å². The highest BCUT2D eigenvalue weighted by Crippen LogP contribution is 2.35. The minimum atomic E-state index is -0.492. The molecule has 0 amide bonds. The van der Waals surface area contributed by atoms with Crippen molar-refractivity contribution in [2.45, 2.75) is 0 Å². The number of fused-ring (bicyclic) bond motifs is 1. The van der Waals surface area contributed by atoms with Crippen LogP contribution in [0.1, 0.15) is 0 Å². The van der Waals surface area contributed by atoms with E-state index in [1.807, 2.05) is 42.5 Å². The van der Waals surface area contributed by atoms with Gasteiger partial charge in [0.15, 0.2) is 5.58 Å². The van der Waals surface area contributed by atoms with Gasteiger partial charge in [0.1, 0.15) is 11.5 Å². The molecule has 0 atom stereocenters. The van der Waals surface area contributed by atoms with E-state index in [0.717, 1.165) is 11.1 Å². The highest BCUT2D eigenvalue weighted by Gasteiger charge is 2.13. The summed E-state index contributed by atoms with van der Waals surface area (Å²) in [6, 6.07) is 16.8. The SMILES string of the molecule is O=c1[nH]c2cc(Oc3ccccc3)c(-c3cccnc3)cc2o1. The Balaban J connectivity index is 1.91. The van der Waals surface area contributed by atoms with Gasteiger partial charge in [0.2, 0.25) is 0 Å². The van der Waals surface area contributed by atoms with Crippen LogP contribution in [0.3, 0.4) is 0 Å². The Hall–Kier alpha value is -3.34. The molecule has 0 aliphatic carbocycles. The monoisotopic (exact) mass is 304 g/mol. The molecule has 23 heavy (non-hydrogen) atoms. The van der Waals surface area contributed by atoms with Crippen LogP contribution in [-0.2, 0) is 0 Å². The van der Waals surface area contributed by atoms with Crippen LogP contribution in [0, 0.1) is 0 Å². The van der Waals surface area contributed by atoms with Gasteiger partial charge in [-0.3, -0.25) is 9.97 Å². The zero-order valence-corrected chi connectivity index (χ0v) is 12.0. The Morgan fingerprint density at radius 3 is 2.70 bits per heavy atom. The predicted molar refractivity (Wildman–Crippen MR) is 86.6 cm³/mol. The lowest BCUT2D eigenvalue weighted by molar-refractivity contribution is 0.485. The van der Waals surface area contributed by atoms with E-state index in [2.05, 4.69) is 9.97 Å². The van der Waals surface area contributed by atoms with Gasteiger partial charge in [-0.2, -0.15) is 0 Å². The van der Waals surface area contributed by atoms with Crippen LogP contribution >= 0.6 is 0 Å². The van der Waals surface area contributed by atoms with Crippen molar-refractivity contribution in [1.29, 1.82) is 0 Å². The molecule has 1 N–H and O–H groups in total. The topological polar surface area (TPSA) is 68.1 Å². The number of aromatic nitrogens is 2. The van der Waals surface area contributed by atoms with Crippen LogP contribution < -0.4 is 10.5 Å². The van der Waals surface area contributed by atoms with Gasteiger partial charge in [0.25, 0.3) is 0 Å². The van der Waals surface area contributed by atoms with E-state index in [9.17, 15) is 4.79 Å². The van der Waals surface area contributed by atoms with E-state index in [1.165, 1.54) is 0 Å². The van der Waals surface area contributed by atoms with Crippen molar-refractivity contribution in [3.63, 3.8) is 0 Å². The molecule has 4 aromatic rings. The van der Waals surface area contributed by atoms with Gasteiger partial charge in [-0.05, 0) is 24.3 Å². The van der Waals surface area contributed by atoms with Crippen molar-refractivity contribution in [3.05, 3.63) is 77.5 Å². The van der Waals surface area contributed by atoms with E-state index in [4.69, 9.17) is 9.15 Å². The molecule has 2 aromatic heterocycles. The minimum absolute atomic E-state index is 0.481. The van der Waals surface area contributed by atoms with Crippen molar-refractivity contribution < 1.29 is 9.15 Å². The van der Waals surface area contributed by atoms with Crippen molar-refractivity contribution in [1.82, 2.24) is 9.97 Å². The lowest BCUT2D eigenvalue weighted by Gasteiger charge is -2.11. The fourth-order valence-electron chi connectivity index (χ4n) is 2.43. The smallest absolute Gasteiger partial charge is 0.417 e. The number of hydrogen-bond acceptors (Lipinski definition) is 4. The molecule has 0 aliphatic rings. The maximum absolute atomic E-state index is 11.4. The van der Waals surface area contributed by atoms with Crippen LogP contribution in [0.2, 0.25) is 0 Å². The maximum Gasteiger partial charge on any atom is 0.417 e. The zero-order valence-electron chi connectivity index (χ0n) is 12.0. The van der Waals surface area contributed by atoms with Gasteiger partial charge in [-0.1, -0.05) is 24.3 Å². The number of nitrogens with zero attached hydrogens (tertiary/aromatic N) is 1. The maximum atomic E-state index is 11.4. The number of nitrogens with one attached hydrogen (secondary N) is 1. The molecule has 4 rings (SSSR count). The van der Waals surface area contributed by atoms with E-state index in [0.29, 0.717) is 22.6 Å². The third kappa shape index (κ3) is 2.60. The normalized spacial score (nSPS) is 10.8. The number of ether oxygens (including phenoxy) is 1. The first kappa shape index (κ1) is 13.3. The van der Waals surface area contributed by atoms with E-state index in [-0.39, 0.29) is 0 Å². The highest BCUT2D eigenvalue weighted by molar-refractivity contribution is 5.84. The number of rotatable bonds is 3. The highest BCUT2D eigenvalue weighted by atomic mass is 16.5.